The molecule has 0 saturated heterocycles. The van der Waals surface area contributed by atoms with Crippen LogP contribution in [0, 0.1) is 0 Å². The summed E-state index contributed by atoms with van der Waals surface area (Å²) in [6.07, 6.45) is 4.84. The number of benzene rings is 2. The number of carbonyl (C=O) groups is 2. The van der Waals surface area contributed by atoms with Crippen molar-refractivity contribution in [1.29, 1.82) is 0 Å². The first kappa shape index (κ1) is 30.4. The molecule has 1 fully saturated rings. The molecule has 1 saturated carbocycles. The number of aromatic nitrogens is 3. The van der Waals surface area contributed by atoms with E-state index < -0.39 is 0 Å². The Morgan fingerprint density at radius 3 is 2.52 bits per heavy atom. The van der Waals surface area contributed by atoms with Gasteiger partial charge in [0.15, 0.2) is 0 Å². The standard InChI is InChI=1S/C32H38N8O4/c1-7-29(41)35-24-17-25(28(44-6)18-26(24)39(4)14-13-38(2)3)36-32-33-19-20-15-27(40(22-11-12-22)30(20)37-32)31(42)34-21-9-8-10-23(16-21)43-5/h7-10,15-19,22H,1,11-14H2,2-6H3,(H,34,42)(H,35,41)(H,33,36,37). The zero-order valence-electron chi connectivity index (χ0n) is 25.7. The zero-order chi connectivity index (χ0) is 31.4. The zero-order valence-corrected chi connectivity index (χ0v) is 25.7. The Labute approximate surface area is 256 Å². The number of hydrogen-bond donors (Lipinski definition) is 3. The van der Waals surface area contributed by atoms with E-state index in [2.05, 4.69) is 32.4 Å². The highest BCUT2D eigenvalue weighted by Gasteiger charge is 2.30. The molecule has 2 aromatic heterocycles. The van der Waals surface area contributed by atoms with Gasteiger partial charge >= 0.3 is 0 Å². The van der Waals surface area contributed by atoms with Crippen molar-refractivity contribution in [2.24, 2.45) is 0 Å². The largest absolute Gasteiger partial charge is 0.497 e. The van der Waals surface area contributed by atoms with Gasteiger partial charge in [0, 0.05) is 55.6 Å². The number of amides is 2. The number of likely N-dealkylation sites (N-methyl/N-ethyl adjacent to an activating group) is 2. The van der Waals surface area contributed by atoms with Crippen molar-refractivity contribution in [2.75, 3.05) is 69.3 Å². The Hall–Kier alpha value is -5.10. The van der Waals surface area contributed by atoms with Gasteiger partial charge in [0.1, 0.15) is 22.8 Å². The summed E-state index contributed by atoms with van der Waals surface area (Å²) in [5, 5.41) is 9.89. The second-order valence-corrected chi connectivity index (χ2v) is 10.9. The van der Waals surface area contributed by atoms with Crippen LogP contribution >= 0.6 is 0 Å². The molecule has 12 nitrogen and oxygen atoms in total. The third-order valence-electron chi connectivity index (χ3n) is 7.35. The molecule has 44 heavy (non-hydrogen) atoms. The molecule has 5 rings (SSSR count). The monoisotopic (exact) mass is 598 g/mol. The first-order valence-electron chi connectivity index (χ1n) is 14.3. The highest BCUT2D eigenvalue weighted by molar-refractivity contribution is 6.06. The van der Waals surface area contributed by atoms with Crippen molar-refractivity contribution in [3.05, 3.63) is 67.0 Å². The van der Waals surface area contributed by atoms with E-state index >= 15 is 0 Å². The third kappa shape index (κ3) is 6.76. The number of methoxy groups -OCH3 is 2. The molecule has 0 unspecified atom stereocenters. The van der Waals surface area contributed by atoms with E-state index in [0.717, 1.165) is 37.0 Å². The second kappa shape index (κ2) is 13.0. The first-order chi connectivity index (χ1) is 21.2. The highest BCUT2D eigenvalue weighted by atomic mass is 16.5. The molecule has 0 spiro atoms. The molecule has 0 aliphatic heterocycles. The van der Waals surface area contributed by atoms with Gasteiger partial charge in [-0.25, -0.2) is 4.98 Å². The van der Waals surface area contributed by atoms with Crippen LogP contribution in [0.4, 0.5) is 28.7 Å². The molecule has 230 valence electrons. The van der Waals surface area contributed by atoms with E-state index in [4.69, 9.17) is 14.5 Å². The molecular formula is C32H38N8O4. The number of rotatable bonds is 13. The van der Waals surface area contributed by atoms with Crippen molar-refractivity contribution in [3.8, 4) is 11.5 Å². The maximum absolute atomic E-state index is 13.4. The van der Waals surface area contributed by atoms with Crippen LogP contribution in [-0.2, 0) is 4.79 Å². The number of anilines is 5. The Kier molecular flexibility index (Phi) is 9.00. The average molecular weight is 599 g/mol. The fourth-order valence-electron chi connectivity index (χ4n) is 4.87. The molecule has 1 aliphatic carbocycles. The Balaban J connectivity index is 1.48. The minimum absolute atomic E-state index is 0.175. The second-order valence-electron chi connectivity index (χ2n) is 10.9. The van der Waals surface area contributed by atoms with E-state index in [-0.39, 0.29) is 17.9 Å². The lowest BCUT2D eigenvalue weighted by Crippen LogP contribution is -2.29. The molecule has 0 radical (unpaired) electrons. The van der Waals surface area contributed by atoms with Gasteiger partial charge < -0.3 is 39.8 Å². The molecule has 0 atom stereocenters. The summed E-state index contributed by atoms with van der Waals surface area (Å²) in [7, 11) is 9.15. The average Bonchev–Trinajstić information content (AvgIpc) is 3.79. The first-order valence-corrected chi connectivity index (χ1v) is 14.3. The SMILES string of the molecule is C=CC(=O)Nc1cc(Nc2ncc3cc(C(=O)Nc4cccc(OC)c4)n(C4CC4)c3n2)c(OC)cc1N(C)CCN(C)C. The van der Waals surface area contributed by atoms with Gasteiger partial charge in [0.05, 0.1) is 31.3 Å². The molecule has 12 heteroatoms. The highest BCUT2D eigenvalue weighted by Crippen LogP contribution is 2.41. The van der Waals surface area contributed by atoms with Crippen molar-refractivity contribution < 1.29 is 19.1 Å². The van der Waals surface area contributed by atoms with Gasteiger partial charge in [-0.2, -0.15) is 4.98 Å². The summed E-state index contributed by atoms with van der Waals surface area (Å²) in [6.45, 7) is 5.14. The fourth-order valence-corrected chi connectivity index (χ4v) is 4.87. The van der Waals surface area contributed by atoms with Crippen molar-refractivity contribution in [2.45, 2.75) is 18.9 Å². The van der Waals surface area contributed by atoms with Gasteiger partial charge in [0.25, 0.3) is 5.91 Å². The van der Waals surface area contributed by atoms with Crippen LogP contribution in [0.1, 0.15) is 29.4 Å². The third-order valence-corrected chi connectivity index (χ3v) is 7.35. The molecule has 0 bridgehead atoms. The molecule has 2 heterocycles. The maximum atomic E-state index is 13.4. The molecule has 1 aliphatic rings. The summed E-state index contributed by atoms with van der Waals surface area (Å²) < 4.78 is 13.0. The lowest BCUT2D eigenvalue weighted by atomic mass is 10.2. The Bertz CT molecular complexity index is 1700. The Morgan fingerprint density at radius 2 is 1.84 bits per heavy atom. The summed E-state index contributed by atoms with van der Waals surface area (Å²) >= 11 is 0. The van der Waals surface area contributed by atoms with Crippen LogP contribution in [0.5, 0.6) is 11.5 Å². The van der Waals surface area contributed by atoms with Crippen molar-refractivity contribution in [3.63, 3.8) is 0 Å². The van der Waals surface area contributed by atoms with Crippen LogP contribution in [0.2, 0.25) is 0 Å². The molecule has 3 N–H and O–H groups in total. The molecule has 2 amide bonds. The quantitative estimate of drug-likeness (QED) is 0.184. The van der Waals surface area contributed by atoms with Crippen molar-refractivity contribution in [1.82, 2.24) is 19.4 Å². The van der Waals surface area contributed by atoms with Crippen LogP contribution in [0.3, 0.4) is 0 Å². The van der Waals surface area contributed by atoms with E-state index in [1.807, 2.05) is 60.9 Å². The minimum Gasteiger partial charge on any atom is -0.497 e. The topological polar surface area (TPSA) is 126 Å². The summed E-state index contributed by atoms with van der Waals surface area (Å²) in [5.74, 6) is 0.958. The normalized spacial score (nSPS) is 12.6. The van der Waals surface area contributed by atoms with E-state index in [1.54, 1.807) is 32.5 Å². The lowest BCUT2D eigenvalue weighted by molar-refractivity contribution is -0.111. The van der Waals surface area contributed by atoms with Gasteiger partial charge in [-0.1, -0.05) is 12.6 Å². The van der Waals surface area contributed by atoms with E-state index in [1.165, 1.54) is 6.08 Å². The van der Waals surface area contributed by atoms with Gasteiger partial charge in [0.2, 0.25) is 11.9 Å². The van der Waals surface area contributed by atoms with Crippen LogP contribution in [0.25, 0.3) is 11.0 Å². The van der Waals surface area contributed by atoms with Gasteiger partial charge in [-0.15, -0.1) is 0 Å². The van der Waals surface area contributed by atoms with E-state index in [9.17, 15) is 9.59 Å². The van der Waals surface area contributed by atoms with Crippen LogP contribution in [0.15, 0.2) is 61.3 Å². The van der Waals surface area contributed by atoms with Crippen molar-refractivity contribution >= 4 is 51.5 Å². The van der Waals surface area contributed by atoms with Gasteiger partial charge in [-0.05, 0) is 57.3 Å². The van der Waals surface area contributed by atoms with Gasteiger partial charge in [-0.3, -0.25) is 9.59 Å². The Morgan fingerprint density at radius 1 is 1.05 bits per heavy atom. The van der Waals surface area contributed by atoms with Crippen LogP contribution < -0.4 is 30.3 Å². The number of fused-ring (bicyclic) bond motifs is 1. The maximum Gasteiger partial charge on any atom is 0.272 e. The fraction of sp³-hybridized carbons (Fsp3) is 0.312. The number of nitrogens with one attached hydrogen (secondary N) is 3. The minimum atomic E-state index is -0.331. The molecule has 4 aromatic rings. The molecular weight excluding hydrogens is 560 g/mol. The summed E-state index contributed by atoms with van der Waals surface area (Å²) in [5.41, 5.74) is 3.73. The smallest absolute Gasteiger partial charge is 0.272 e. The number of ether oxygens (including phenoxy) is 2. The predicted molar refractivity (Wildman–Crippen MR) is 174 cm³/mol. The molecule has 2 aromatic carbocycles. The summed E-state index contributed by atoms with van der Waals surface area (Å²) in [4.78, 5) is 39.2. The number of hydrogen-bond acceptors (Lipinski definition) is 9. The van der Waals surface area contributed by atoms with Crippen LogP contribution in [-0.4, -0.2) is 79.7 Å². The summed E-state index contributed by atoms with van der Waals surface area (Å²) in [6, 6.07) is 12.9. The lowest BCUT2D eigenvalue weighted by Gasteiger charge is -2.26. The number of carbonyl (C=O) groups excluding carboxylic acids is 2. The predicted octanol–water partition coefficient (Wildman–Crippen LogP) is 4.90. The number of nitrogens with zero attached hydrogens (tertiary/aromatic N) is 5. The van der Waals surface area contributed by atoms with E-state index in [0.29, 0.717) is 45.9 Å².